The Morgan fingerprint density at radius 1 is 1.42 bits per heavy atom. The molecule has 0 aliphatic carbocycles. The second-order valence-electron chi connectivity index (χ2n) is 4.71. The molecule has 2 rings (SSSR count). The summed E-state index contributed by atoms with van der Waals surface area (Å²) in [5.74, 6) is 1.49. The van der Waals surface area contributed by atoms with E-state index in [0.717, 1.165) is 35.4 Å². The lowest BCUT2D eigenvalue weighted by atomic mass is 9.80. The highest BCUT2D eigenvalue weighted by molar-refractivity contribution is 7.99. The number of carbonyl (C=O) groups is 1. The van der Waals surface area contributed by atoms with E-state index in [4.69, 9.17) is 0 Å². The van der Waals surface area contributed by atoms with Crippen LogP contribution >= 0.6 is 23.1 Å². The molecule has 0 atom stereocenters. The topological polar surface area (TPSA) is 53.4 Å². The van der Waals surface area contributed by atoms with E-state index in [-0.39, 0.29) is 0 Å². The van der Waals surface area contributed by atoms with Gasteiger partial charge in [0.2, 0.25) is 0 Å². The minimum absolute atomic E-state index is 0.581. The molecule has 1 N–H and O–H groups in total. The average Bonchev–Trinajstić information content (AvgIpc) is 2.92. The number of rotatable bonds is 5. The summed E-state index contributed by atoms with van der Waals surface area (Å²) in [6, 6.07) is 0. The lowest BCUT2D eigenvalue weighted by Crippen LogP contribution is -2.35. The molecule has 0 spiro atoms. The summed E-state index contributed by atoms with van der Waals surface area (Å²) in [6.07, 6.45) is 1.16. The standard InChI is InChI=1S/C13H20N2O2S2/c1-3-13(4-2,11(16)17)10-9-19-12(14-10)15-5-7-18-8-6-15/h9H,3-8H2,1-2H3,(H,16,17). The first-order valence-electron chi connectivity index (χ1n) is 6.66. The van der Waals surface area contributed by atoms with Crippen molar-refractivity contribution in [1.29, 1.82) is 0 Å². The third-order valence-corrected chi connectivity index (χ3v) is 5.72. The van der Waals surface area contributed by atoms with Crippen LogP contribution in [0.4, 0.5) is 5.13 Å². The SMILES string of the molecule is CCC(CC)(C(=O)O)c1csc(N2CCSCC2)n1. The van der Waals surface area contributed by atoms with Crippen molar-refractivity contribution in [3.8, 4) is 0 Å². The van der Waals surface area contributed by atoms with Crippen LogP contribution < -0.4 is 4.90 Å². The molecule has 1 fully saturated rings. The van der Waals surface area contributed by atoms with Gasteiger partial charge in [0.05, 0.1) is 5.69 Å². The van der Waals surface area contributed by atoms with E-state index in [0.29, 0.717) is 12.8 Å². The lowest BCUT2D eigenvalue weighted by Gasteiger charge is -2.27. The van der Waals surface area contributed by atoms with E-state index >= 15 is 0 Å². The number of hydrogen-bond donors (Lipinski definition) is 1. The Bertz CT molecular complexity index is 438. The van der Waals surface area contributed by atoms with Crippen molar-refractivity contribution in [3.05, 3.63) is 11.1 Å². The van der Waals surface area contributed by atoms with E-state index in [1.54, 1.807) is 11.3 Å². The van der Waals surface area contributed by atoms with Gasteiger partial charge in [-0.3, -0.25) is 4.79 Å². The highest BCUT2D eigenvalue weighted by Crippen LogP contribution is 2.35. The second kappa shape index (κ2) is 6.13. The third kappa shape index (κ3) is 2.74. The van der Waals surface area contributed by atoms with E-state index < -0.39 is 11.4 Å². The largest absolute Gasteiger partial charge is 0.481 e. The molecule has 0 aromatic carbocycles. The monoisotopic (exact) mass is 300 g/mol. The molecular formula is C13H20N2O2S2. The van der Waals surface area contributed by atoms with Gasteiger partial charge >= 0.3 is 5.97 Å². The van der Waals surface area contributed by atoms with Gasteiger partial charge in [-0.1, -0.05) is 13.8 Å². The number of carboxylic acid groups (broad SMARTS) is 1. The Hall–Kier alpha value is -0.750. The maximum Gasteiger partial charge on any atom is 0.315 e. The zero-order chi connectivity index (χ0) is 13.9. The van der Waals surface area contributed by atoms with Crippen molar-refractivity contribution < 1.29 is 9.90 Å². The Labute approximate surface area is 122 Å². The minimum Gasteiger partial charge on any atom is -0.481 e. The van der Waals surface area contributed by atoms with E-state index in [1.165, 1.54) is 0 Å². The Balaban J connectivity index is 2.25. The highest BCUT2D eigenvalue weighted by Gasteiger charge is 2.39. The summed E-state index contributed by atoms with van der Waals surface area (Å²) in [7, 11) is 0. The Kier molecular flexibility index (Phi) is 4.73. The van der Waals surface area contributed by atoms with Gasteiger partial charge in [0.25, 0.3) is 0 Å². The molecule has 6 heteroatoms. The van der Waals surface area contributed by atoms with Crippen LogP contribution in [0.2, 0.25) is 0 Å². The van der Waals surface area contributed by atoms with E-state index in [2.05, 4.69) is 9.88 Å². The fraction of sp³-hybridized carbons (Fsp3) is 0.692. The third-order valence-electron chi connectivity index (χ3n) is 3.88. The summed E-state index contributed by atoms with van der Waals surface area (Å²) in [5, 5.41) is 12.4. The fourth-order valence-electron chi connectivity index (χ4n) is 2.41. The number of thiazole rings is 1. The lowest BCUT2D eigenvalue weighted by molar-refractivity contribution is -0.144. The molecule has 1 aromatic heterocycles. The van der Waals surface area contributed by atoms with Gasteiger partial charge < -0.3 is 10.0 Å². The van der Waals surface area contributed by atoms with Crippen LogP contribution in [0.1, 0.15) is 32.4 Å². The van der Waals surface area contributed by atoms with Crippen LogP contribution in [0.3, 0.4) is 0 Å². The molecule has 106 valence electrons. The van der Waals surface area contributed by atoms with Crippen LogP contribution in [-0.2, 0) is 10.2 Å². The van der Waals surface area contributed by atoms with Gasteiger partial charge in [-0.15, -0.1) is 11.3 Å². The van der Waals surface area contributed by atoms with Crippen molar-refractivity contribution >= 4 is 34.2 Å². The quantitative estimate of drug-likeness (QED) is 0.906. The molecule has 1 aliphatic rings. The number of aromatic nitrogens is 1. The molecule has 0 amide bonds. The zero-order valence-corrected chi connectivity index (χ0v) is 13.0. The molecule has 0 unspecified atom stereocenters. The Morgan fingerprint density at radius 3 is 2.58 bits per heavy atom. The normalized spacial score (nSPS) is 16.6. The van der Waals surface area contributed by atoms with Gasteiger partial charge in [0.15, 0.2) is 5.13 Å². The fourth-order valence-corrected chi connectivity index (χ4v) is 4.29. The van der Waals surface area contributed by atoms with E-state index in [9.17, 15) is 9.90 Å². The van der Waals surface area contributed by atoms with Crippen molar-refractivity contribution in [3.63, 3.8) is 0 Å². The van der Waals surface area contributed by atoms with E-state index in [1.807, 2.05) is 31.0 Å². The van der Waals surface area contributed by atoms with Crippen LogP contribution in [-0.4, -0.2) is 40.7 Å². The Morgan fingerprint density at radius 2 is 2.05 bits per heavy atom. The van der Waals surface area contributed by atoms with Crippen molar-refractivity contribution in [2.24, 2.45) is 0 Å². The summed E-state index contributed by atoms with van der Waals surface area (Å²) in [6.45, 7) is 5.87. The zero-order valence-electron chi connectivity index (χ0n) is 11.4. The van der Waals surface area contributed by atoms with Crippen LogP contribution in [0.25, 0.3) is 0 Å². The molecule has 0 radical (unpaired) electrons. The van der Waals surface area contributed by atoms with Gasteiger partial charge in [-0.2, -0.15) is 11.8 Å². The summed E-state index contributed by atoms with van der Waals surface area (Å²) in [4.78, 5) is 18.5. The average molecular weight is 300 g/mol. The second-order valence-corrected chi connectivity index (χ2v) is 6.77. The van der Waals surface area contributed by atoms with Gasteiger partial charge in [-0.05, 0) is 12.8 Å². The van der Waals surface area contributed by atoms with Crippen LogP contribution in [0.5, 0.6) is 0 Å². The van der Waals surface area contributed by atoms with Crippen molar-refractivity contribution in [2.75, 3.05) is 29.5 Å². The molecule has 19 heavy (non-hydrogen) atoms. The van der Waals surface area contributed by atoms with Crippen molar-refractivity contribution in [2.45, 2.75) is 32.1 Å². The van der Waals surface area contributed by atoms with Crippen LogP contribution in [0, 0.1) is 0 Å². The molecule has 4 nitrogen and oxygen atoms in total. The molecule has 1 aromatic rings. The number of carboxylic acids is 1. The van der Waals surface area contributed by atoms with Gasteiger partial charge in [0, 0.05) is 30.0 Å². The first kappa shape index (κ1) is 14.7. The molecule has 0 bridgehead atoms. The maximum atomic E-state index is 11.6. The maximum absolute atomic E-state index is 11.6. The predicted octanol–water partition coefficient (Wildman–Crippen LogP) is 2.84. The molecule has 2 heterocycles. The smallest absolute Gasteiger partial charge is 0.315 e. The highest BCUT2D eigenvalue weighted by atomic mass is 32.2. The number of anilines is 1. The van der Waals surface area contributed by atoms with Crippen molar-refractivity contribution in [1.82, 2.24) is 4.98 Å². The van der Waals surface area contributed by atoms with Gasteiger partial charge in [0.1, 0.15) is 5.41 Å². The molecule has 1 aliphatic heterocycles. The summed E-state index contributed by atoms with van der Waals surface area (Å²) in [5.41, 5.74) is -0.0949. The predicted molar refractivity (Wildman–Crippen MR) is 81.5 cm³/mol. The molecule has 1 saturated heterocycles. The summed E-state index contributed by atoms with van der Waals surface area (Å²) >= 11 is 3.53. The molecule has 0 saturated carbocycles. The number of thioether (sulfide) groups is 1. The summed E-state index contributed by atoms with van der Waals surface area (Å²) < 4.78 is 0. The number of aliphatic carboxylic acids is 1. The molecular weight excluding hydrogens is 280 g/mol. The first-order valence-corrected chi connectivity index (χ1v) is 8.69. The minimum atomic E-state index is -0.820. The van der Waals surface area contributed by atoms with Crippen LogP contribution in [0.15, 0.2) is 5.38 Å². The first-order chi connectivity index (χ1) is 9.14. The van der Waals surface area contributed by atoms with Gasteiger partial charge in [-0.25, -0.2) is 4.98 Å². The number of hydrogen-bond acceptors (Lipinski definition) is 5. The number of nitrogens with zero attached hydrogens (tertiary/aromatic N) is 2.